The van der Waals surface area contributed by atoms with Crippen molar-refractivity contribution in [2.45, 2.75) is 57.0 Å². The maximum absolute atomic E-state index is 11.8. The Kier molecular flexibility index (Phi) is 3.70. The minimum Gasteiger partial charge on any atom is -0.443 e. The van der Waals surface area contributed by atoms with E-state index in [1.54, 1.807) is 0 Å². The molecular formula is C13H21NO4. The van der Waals surface area contributed by atoms with Crippen LogP contribution in [0.4, 0.5) is 4.79 Å². The summed E-state index contributed by atoms with van der Waals surface area (Å²) in [5.41, 5.74) is 0. The zero-order valence-corrected chi connectivity index (χ0v) is 10.6. The first-order valence-corrected chi connectivity index (χ1v) is 7.03. The Labute approximate surface area is 107 Å². The standard InChI is InChI=1S/C13H21NO4/c15-13(14-9-4-2-1-3-5-9)18-11-8-17-12-10(11)6-7-16-12/h9-12H,1-8H2,(H,14,15)/t10-,11-,12+/m0/s1. The van der Waals surface area contributed by atoms with Crippen molar-refractivity contribution < 1.29 is 19.0 Å². The molecule has 2 heterocycles. The van der Waals surface area contributed by atoms with Gasteiger partial charge in [-0.2, -0.15) is 0 Å². The summed E-state index contributed by atoms with van der Waals surface area (Å²) in [6, 6.07) is 0.296. The van der Waals surface area contributed by atoms with Crippen molar-refractivity contribution in [3.8, 4) is 0 Å². The molecule has 0 aromatic heterocycles. The number of hydrogen-bond donors (Lipinski definition) is 1. The first-order valence-electron chi connectivity index (χ1n) is 7.03. The molecule has 2 aliphatic heterocycles. The van der Waals surface area contributed by atoms with E-state index in [4.69, 9.17) is 14.2 Å². The van der Waals surface area contributed by atoms with Crippen LogP contribution in [0.2, 0.25) is 0 Å². The fraction of sp³-hybridized carbons (Fsp3) is 0.923. The van der Waals surface area contributed by atoms with Gasteiger partial charge in [0.25, 0.3) is 0 Å². The van der Waals surface area contributed by atoms with Crippen molar-refractivity contribution in [3.05, 3.63) is 0 Å². The van der Waals surface area contributed by atoms with Crippen LogP contribution in [0.5, 0.6) is 0 Å². The fourth-order valence-corrected chi connectivity index (χ4v) is 3.13. The summed E-state index contributed by atoms with van der Waals surface area (Å²) >= 11 is 0. The van der Waals surface area contributed by atoms with Crippen molar-refractivity contribution >= 4 is 6.09 Å². The normalized spacial score (nSPS) is 36.3. The van der Waals surface area contributed by atoms with E-state index in [2.05, 4.69) is 5.32 Å². The largest absolute Gasteiger partial charge is 0.443 e. The topological polar surface area (TPSA) is 56.8 Å². The van der Waals surface area contributed by atoms with E-state index in [1.165, 1.54) is 19.3 Å². The summed E-state index contributed by atoms with van der Waals surface area (Å²) in [6.45, 7) is 1.17. The lowest BCUT2D eigenvalue weighted by atomic mass is 9.96. The average molecular weight is 255 g/mol. The molecule has 1 N–H and O–H groups in total. The van der Waals surface area contributed by atoms with Gasteiger partial charge >= 0.3 is 6.09 Å². The number of carbonyl (C=O) groups excluding carboxylic acids is 1. The molecule has 0 radical (unpaired) electrons. The highest BCUT2D eigenvalue weighted by atomic mass is 16.7. The number of ether oxygens (including phenoxy) is 3. The summed E-state index contributed by atoms with van der Waals surface area (Å²) in [4.78, 5) is 11.8. The van der Waals surface area contributed by atoms with E-state index in [1.807, 2.05) is 0 Å². The molecule has 18 heavy (non-hydrogen) atoms. The molecule has 0 aromatic carbocycles. The predicted molar refractivity (Wildman–Crippen MR) is 64.1 cm³/mol. The molecule has 2 saturated heterocycles. The lowest BCUT2D eigenvalue weighted by molar-refractivity contribution is -0.0907. The van der Waals surface area contributed by atoms with Crippen molar-refractivity contribution in [3.63, 3.8) is 0 Å². The molecule has 1 aliphatic carbocycles. The molecule has 0 unspecified atom stereocenters. The van der Waals surface area contributed by atoms with Crippen LogP contribution in [0, 0.1) is 5.92 Å². The van der Waals surface area contributed by atoms with Gasteiger partial charge in [0.2, 0.25) is 0 Å². The van der Waals surface area contributed by atoms with Crippen LogP contribution in [-0.4, -0.2) is 37.7 Å². The Hall–Kier alpha value is -0.810. The van der Waals surface area contributed by atoms with Crippen LogP contribution in [0.1, 0.15) is 38.5 Å². The maximum atomic E-state index is 11.8. The van der Waals surface area contributed by atoms with Gasteiger partial charge in [-0.25, -0.2) is 4.79 Å². The summed E-state index contributed by atoms with van der Waals surface area (Å²) in [6.07, 6.45) is 6.18. The third-order valence-corrected chi connectivity index (χ3v) is 4.17. The van der Waals surface area contributed by atoms with Gasteiger partial charge in [0.05, 0.1) is 19.1 Å². The zero-order chi connectivity index (χ0) is 12.4. The first kappa shape index (κ1) is 12.2. The Bertz CT molecular complexity index is 303. The molecule has 1 amide bonds. The van der Waals surface area contributed by atoms with Crippen molar-refractivity contribution in [2.24, 2.45) is 5.92 Å². The number of nitrogens with one attached hydrogen (secondary N) is 1. The maximum Gasteiger partial charge on any atom is 0.407 e. The fourth-order valence-electron chi connectivity index (χ4n) is 3.13. The minimum absolute atomic E-state index is 0.138. The number of rotatable bonds is 2. The van der Waals surface area contributed by atoms with Gasteiger partial charge in [-0.1, -0.05) is 19.3 Å². The van der Waals surface area contributed by atoms with E-state index in [0.717, 1.165) is 19.3 Å². The molecule has 3 atom stereocenters. The van der Waals surface area contributed by atoms with Crippen LogP contribution in [-0.2, 0) is 14.2 Å². The monoisotopic (exact) mass is 255 g/mol. The Balaban J connectivity index is 1.45. The SMILES string of the molecule is O=C(NC1CCCCC1)O[C@H]1CO[C@H]2OCC[C@H]21. The summed E-state index contributed by atoms with van der Waals surface area (Å²) in [7, 11) is 0. The molecule has 0 aromatic rings. The van der Waals surface area contributed by atoms with Gasteiger partial charge in [-0.15, -0.1) is 0 Å². The second-order valence-electron chi connectivity index (χ2n) is 5.45. The van der Waals surface area contributed by atoms with Crippen LogP contribution < -0.4 is 5.32 Å². The summed E-state index contributed by atoms with van der Waals surface area (Å²) in [5.74, 6) is 0.224. The van der Waals surface area contributed by atoms with E-state index in [9.17, 15) is 4.79 Å². The van der Waals surface area contributed by atoms with E-state index >= 15 is 0 Å². The minimum atomic E-state index is -0.289. The van der Waals surface area contributed by atoms with Crippen LogP contribution in [0.3, 0.4) is 0 Å². The highest BCUT2D eigenvalue weighted by molar-refractivity contribution is 5.67. The Morgan fingerprint density at radius 3 is 2.78 bits per heavy atom. The van der Waals surface area contributed by atoms with Gasteiger partial charge in [0, 0.05) is 6.04 Å². The van der Waals surface area contributed by atoms with Crippen LogP contribution >= 0.6 is 0 Å². The number of carbonyl (C=O) groups is 1. The number of alkyl carbamates (subject to hydrolysis) is 1. The van der Waals surface area contributed by atoms with Crippen molar-refractivity contribution in [1.29, 1.82) is 0 Å². The second-order valence-corrected chi connectivity index (χ2v) is 5.45. The number of fused-ring (bicyclic) bond motifs is 1. The Morgan fingerprint density at radius 1 is 1.11 bits per heavy atom. The highest BCUT2D eigenvalue weighted by Crippen LogP contribution is 2.33. The molecule has 1 saturated carbocycles. The molecular weight excluding hydrogens is 234 g/mol. The summed E-state index contributed by atoms with van der Waals surface area (Å²) in [5, 5.41) is 2.97. The molecule has 0 bridgehead atoms. The molecule has 3 rings (SSSR count). The molecule has 3 fully saturated rings. The zero-order valence-electron chi connectivity index (χ0n) is 10.6. The highest BCUT2D eigenvalue weighted by Gasteiger charge is 2.43. The summed E-state index contributed by atoms with van der Waals surface area (Å²) < 4.78 is 16.3. The van der Waals surface area contributed by atoms with E-state index in [0.29, 0.717) is 19.3 Å². The number of amides is 1. The quantitative estimate of drug-likeness (QED) is 0.817. The van der Waals surface area contributed by atoms with Gasteiger partial charge in [-0.05, 0) is 19.3 Å². The lowest BCUT2D eigenvalue weighted by Crippen LogP contribution is -2.39. The molecule has 0 spiro atoms. The average Bonchev–Trinajstić information content (AvgIpc) is 2.95. The number of hydrogen-bond acceptors (Lipinski definition) is 4. The lowest BCUT2D eigenvalue weighted by Gasteiger charge is -2.24. The van der Waals surface area contributed by atoms with Gasteiger partial charge in [-0.3, -0.25) is 0 Å². The van der Waals surface area contributed by atoms with Crippen molar-refractivity contribution in [2.75, 3.05) is 13.2 Å². The van der Waals surface area contributed by atoms with Crippen molar-refractivity contribution in [1.82, 2.24) is 5.32 Å². The predicted octanol–water partition coefficient (Wildman–Crippen LogP) is 1.81. The molecule has 5 nitrogen and oxygen atoms in total. The molecule has 3 aliphatic rings. The van der Waals surface area contributed by atoms with E-state index < -0.39 is 0 Å². The van der Waals surface area contributed by atoms with Gasteiger partial charge in [0.1, 0.15) is 6.10 Å². The van der Waals surface area contributed by atoms with Gasteiger partial charge in [0.15, 0.2) is 6.29 Å². The second kappa shape index (κ2) is 5.45. The van der Waals surface area contributed by atoms with Crippen LogP contribution in [0.15, 0.2) is 0 Å². The third-order valence-electron chi connectivity index (χ3n) is 4.17. The smallest absolute Gasteiger partial charge is 0.407 e. The Morgan fingerprint density at radius 2 is 1.94 bits per heavy atom. The van der Waals surface area contributed by atoms with Crippen LogP contribution in [0.25, 0.3) is 0 Å². The first-order chi connectivity index (χ1) is 8.83. The van der Waals surface area contributed by atoms with Gasteiger partial charge < -0.3 is 19.5 Å². The molecule has 102 valence electrons. The molecule has 5 heteroatoms. The third kappa shape index (κ3) is 2.62. The van der Waals surface area contributed by atoms with E-state index in [-0.39, 0.29) is 24.4 Å².